The van der Waals surface area contributed by atoms with Crippen molar-refractivity contribution in [3.8, 4) is 0 Å². The summed E-state index contributed by atoms with van der Waals surface area (Å²) < 4.78 is 8.28. The van der Waals surface area contributed by atoms with Crippen LogP contribution in [0.1, 0.15) is 30.5 Å². The van der Waals surface area contributed by atoms with E-state index in [1.54, 1.807) is 0 Å². The molecule has 2 aromatic rings. The zero-order valence-electron chi connectivity index (χ0n) is 15.1. The van der Waals surface area contributed by atoms with Gasteiger partial charge in [-0.3, -0.25) is 9.69 Å². The number of hydrogen-bond donors (Lipinski definition) is 1. The van der Waals surface area contributed by atoms with Crippen molar-refractivity contribution in [2.75, 3.05) is 26.2 Å². The van der Waals surface area contributed by atoms with Gasteiger partial charge >= 0.3 is 0 Å². The molecule has 138 valence electrons. The third-order valence-corrected chi connectivity index (χ3v) is 5.46. The molecule has 4 rings (SSSR count). The first kappa shape index (κ1) is 17.2. The number of nitrogens with one attached hydrogen (secondary N) is 1. The van der Waals surface area contributed by atoms with E-state index in [2.05, 4.69) is 44.0 Å². The number of nitrogens with zero attached hydrogens (tertiary/aromatic N) is 3. The molecule has 6 nitrogen and oxygen atoms in total. The molecule has 1 N–H and O–H groups in total. The number of likely N-dealkylation sites (tertiary alicyclic amines) is 1. The Morgan fingerprint density at radius 1 is 1.15 bits per heavy atom. The number of piperidine rings is 1. The number of rotatable bonds is 4. The van der Waals surface area contributed by atoms with E-state index in [-0.39, 0.29) is 11.5 Å². The monoisotopic (exact) mass is 354 g/mol. The van der Waals surface area contributed by atoms with Crippen molar-refractivity contribution in [2.24, 2.45) is 0 Å². The molecule has 1 aromatic carbocycles. The highest BCUT2D eigenvalue weighted by atomic mass is 16.5. The average Bonchev–Trinajstić information content (AvgIpc) is 2.99. The topological polar surface area (TPSA) is 59.4 Å². The maximum absolute atomic E-state index is 11.9. The summed E-state index contributed by atoms with van der Waals surface area (Å²) in [5, 5.41) is 2.91. The summed E-state index contributed by atoms with van der Waals surface area (Å²) >= 11 is 0. The number of imidazole rings is 1. The molecule has 0 bridgehead atoms. The highest BCUT2D eigenvalue weighted by Gasteiger charge is 2.38. The van der Waals surface area contributed by atoms with Crippen LogP contribution in [-0.4, -0.2) is 52.2 Å². The molecule has 3 heterocycles. The van der Waals surface area contributed by atoms with Crippen LogP contribution in [0.2, 0.25) is 0 Å². The van der Waals surface area contributed by atoms with E-state index in [0.717, 1.165) is 39.0 Å². The van der Waals surface area contributed by atoms with Crippen LogP contribution in [0.4, 0.5) is 0 Å². The van der Waals surface area contributed by atoms with Gasteiger partial charge in [-0.05, 0) is 18.4 Å². The van der Waals surface area contributed by atoms with Crippen molar-refractivity contribution in [1.82, 2.24) is 19.8 Å². The normalized spacial score (nSPS) is 20.7. The standard InChI is InChI=1S/C20H26N4O2/c25-19-12-20(26-11-8-22-19)6-9-23(10-7-20)15-18-13-21-16-24(18)14-17-4-2-1-3-5-17/h1-5,13,16H,6-12,14-15H2,(H,22,25). The molecule has 1 spiro atoms. The molecule has 2 saturated heterocycles. The highest BCUT2D eigenvalue weighted by molar-refractivity contribution is 5.77. The number of aromatic nitrogens is 2. The van der Waals surface area contributed by atoms with Gasteiger partial charge in [0.2, 0.25) is 5.91 Å². The third-order valence-electron chi connectivity index (χ3n) is 5.46. The van der Waals surface area contributed by atoms with Gasteiger partial charge in [-0.15, -0.1) is 0 Å². The Hall–Kier alpha value is -2.18. The molecular formula is C20H26N4O2. The lowest BCUT2D eigenvalue weighted by atomic mass is 9.87. The maximum atomic E-state index is 11.9. The summed E-state index contributed by atoms with van der Waals surface area (Å²) in [7, 11) is 0. The van der Waals surface area contributed by atoms with E-state index in [1.165, 1.54) is 11.3 Å². The quantitative estimate of drug-likeness (QED) is 0.910. The van der Waals surface area contributed by atoms with E-state index >= 15 is 0 Å². The third kappa shape index (κ3) is 3.97. The second-order valence-corrected chi connectivity index (χ2v) is 7.33. The average molecular weight is 354 g/mol. The largest absolute Gasteiger partial charge is 0.373 e. The Balaban J connectivity index is 1.36. The van der Waals surface area contributed by atoms with E-state index in [4.69, 9.17) is 4.74 Å². The SMILES string of the molecule is O=C1CC2(CCN(Cc3cncn3Cc3ccccc3)CC2)OCCN1. The van der Waals surface area contributed by atoms with Gasteiger partial charge in [0.1, 0.15) is 0 Å². The number of benzene rings is 1. The molecule has 0 atom stereocenters. The van der Waals surface area contributed by atoms with Crippen LogP contribution in [0.25, 0.3) is 0 Å². The van der Waals surface area contributed by atoms with Gasteiger partial charge in [-0.1, -0.05) is 30.3 Å². The Morgan fingerprint density at radius 2 is 1.96 bits per heavy atom. The molecule has 1 aromatic heterocycles. The van der Waals surface area contributed by atoms with E-state index in [0.29, 0.717) is 19.6 Å². The highest BCUT2D eigenvalue weighted by Crippen LogP contribution is 2.31. The minimum Gasteiger partial charge on any atom is -0.373 e. The molecule has 6 heteroatoms. The van der Waals surface area contributed by atoms with Crippen LogP contribution in [0.5, 0.6) is 0 Å². The van der Waals surface area contributed by atoms with Crippen LogP contribution in [-0.2, 0) is 22.6 Å². The summed E-state index contributed by atoms with van der Waals surface area (Å²) in [6.07, 6.45) is 6.18. The molecule has 26 heavy (non-hydrogen) atoms. The van der Waals surface area contributed by atoms with E-state index in [9.17, 15) is 4.79 Å². The molecule has 1 amide bonds. The van der Waals surface area contributed by atoms with Crippen LogP contribution in [0.3, 0.4) is 0 Å². The van der Waals surface area contributed by atoms with Gasteiger partial charge in [0, 0.05) is 38.9 Å². The molecular weight excluding hydrogens is 328 g/mol. The first-order valence-electron chi connectivity index (χ1n) is 9.38. The predicted octanol–water partition coefficient (Wildman–Crippen LogP) is 1.80. The summed E-state index contributed by atoms with van der Waals surface area (Å²) in [6.45, 7) is 4.87. The van der Waals surface area contributed by atoms with Gasteiger partial charge in [-0.25, -0.2) is 4.98 Å². The zero-order chi connectivity index (χ0) is 17.8. The smallest absolute Gasteiger partial charge is 0.222 e. The fourth-order valence-electron chi connectivity index (χ4n) is 3.94. The van der Waals surface area contributed by atoms with Gasteiger partial charge in [-0.2, -0.15) is 0 Å². The Labute approximate surface area is 154 Å². The van der Waals surface area contributed by atoms with Gasteiger partial charge in [0.25, 0.3) is 0 Å². The molecule has 2 aliphatic heterocycles. The van der Waals surface area contributed by atoms with Crippen LogP contribution in [0, 0.1) is 0 Å². The second-order valence-electron chi connectivity index (χ2n) is 7.33. The lowest BCUT2D eigenvalue weighted by molar-refractivity contribution is -0.128. The van der Waals surface area contributed by atoms with Gasteiger partial charge < -0.3 is 14.6 Å². The molecule has 0 aliphatic carbocycles. The molecule has 0 saturated carbocycles. The summed E-state index contributed by atoms with van der Waals surface area (Å²) in [5.41, 5.74) is 2.24. The zero-order valence-corrected chi connectivity index (χ0v) is 15.1. The molecule has 0 unspecified atom stereocenters. The fraction of sp³-hybridized carbons (Fsp3) is 0.500. The number of amides is 1. The summed E-state index contributed by atoms with van der Waals surface area (Å²) in [6, 6.07) is 10.5. The van der Waals surface area contributed by atoms with Crippen LogP contribution < -0.4 is 5.32 Å². The van der Waals surface area contributed by atoms with Crippen molar-refractivity contribution in [3.05, 3.63) is 54.1 Å². The predicted molar refractivity (Wildman–Crippen MR) is 98.6 cm³/mol. The Morgan fingerprint density at radius 3 is 2.77 bits per heavy atom. The molecule has 2 fully saturated rings. The molecule has 2 aliphatic rings. The first-order valence-corrected chi connectivity index (χ1v) is 9.38. The molecule has 0 radical (unpaired) electrons. The van der Waals surface area contributed by atoms with Gasteiger partial charge in [0.05, 0.1) is 30.7 Å². The first-order chi connectivity index (χ1) is 12.7. The lowest BCUT2D eigenvalue weighted by Crippen LogP contribution is -2.47. The van der Waals surface area contributed by atoms with Crippen molar-refractivity contribution in [2.45, 2.75) is 38.0 Å². The fourth-order valence-corrected chi connectivity index (χ4v) is 3.94. The van der Waals surface area contributed by atoms with Crippen molar-refractivity contribution < 1.29 is 9.53 Å². The second kappa shape index (κ2) is 7.60. The van der Waals surface area contributed by atoms with Crippen LogP contribution in [0.15, 0.2) is 42.9 Å². The lowest BCUT2D eigenvalue weighted by Gasteiger charge is -2.40. The Bertz CT molecular complexity index is 735. The minimum atomic E-state index is -0.263. The van der Waals surface area contributed by atoms with Crippen molar-refractivity contribution >= 4 is 5.91 Å². The van der Waals surface area contributed by atoms with Crippen LogP contribution >= 0.6 is 0 Å². The van der Waals surface area contributed by atoms with Crippen molar-refractivity contribution in [1.29, 1.82) is 0 Å². The summed E-state index contributed by atoms with van der Waals surface area (Å²) in [5.74, 6) is 0.122. The number of hydrogen-bond acceptors (Lipinski definition) is 4. The van der Waals surface area contributed by atoms with Gasteiger partial charge in [0.15, 0.2) is 0 Å². The van der Waals surface area contributed by atoms with E-state index in [1.807, 2.05) is 18.6 Å². The number of carbonyl (C=O) groups is 1. The summed E-state index contributed by atoms with van der Waals surface area (Å²) in [4.78, 5) is 18.7. The van der Waals surface area contributed by atoms with E-state index < -0.39 is 0 Å². The van der Waals surface area contributed by atoms with Crippen molar-refractivity contribution in [3.63, 3.8) is 0 Å². The Kier molecular flexibility index (Phi) is 5.04. The number of carbonyl (C=O) groups excluding carboxylic acids is 1. The maximum Gasteiger partial charge on any atom is 0.222 e. The minimum absolute atomic E-state index is 0.122. The number of ether oxygens (including phenoxy) is 1.